The molecule has 4 heteroatoms. The third-order valence-corrected chi connectivity index (χ3v) is 1.29. The van der Waals surface area contributed by atoms with Crippen LogP contribution in [-0.4, -0.2) is 22.8 Å². The average molecular weight is 135 g/mol. The lowest BCUT2D eigenvalue weighted by atomic mass is 9.99. The predicted octanol–water partition coefficient (Wildman–Crippen LogP) is 0.146. The van der Waals surface area contributed by atoms with Gasteiger partial charge in [0.05, 0.1) is 0 Å². The maximum atomic E-state index is 12.2. The Kier molecular flexibility index (Phi) is 2.14. The lowest BCUT2D eigenvalue weighted by molar-refractivity contribution is -0.144. The van der Waals surface area contributed by atoms with Gasteiger partial charge in [0.15, 0.2) is 0 Å². The molecule has 0 aliphatic heterocycles. The molecule has 0 aliphatic carbocycles. The largest absolute Gasteiger partial charge is 0.480 e. The van der Waals surface area contributed by atoms with E-state index < -0.39 is 17.7 Å². The van der Waals surface area contributed by atoms with Gasteiger partial charge in [-0.2, -0.15) is 0 Å². The van der Waals surface area contributed by atoms with Crippen LogP contribution in [0.15, 0.2) is 0 Å². The zero-order valence-corrected chi connectivity index (χ0v) is 5.39. The van der Waals surface area contributed by atoms with Gasteiger partial charge in [-0.15, -0.1) is 0 Å². The zero-order chi connectivity index (χ0) is 7.65. The molecule has 9 heavy (non-hydrogen) atoms. The zero-order valence-electron chi connectivity index (χ0n) is 5.39. The van der Waals surface area contributed by atoms with Gasteiger partial charge in [0.1, 0.15) is 11.7 Å². The number of hydrogen-bond acceptors (Lipinski definition) is 2. The Hall–Kier alpha value is -0.640. The molecule has 0 radical (unpaired) electrons. The Morgan fingerprint density at radius 2 is 2.22 bits per heavy atom. The van der Waals surface area contributed by atoms with E-state index in [4.69, 9.17) is 10.8 Å². The highest BCUT2D eigenvalue weighted by atomic mass is 19.1. The third-order valence-electron chi connectivity index (χ3n) is 1.29. The number of carboxylic acid groups (broad SMARTS) is 1. The standard InChI is InChI=1S/C5H10FNO2/c1-3(6)5(2,7)4(8)9/h3H,7H2,1-2H3,(H,8,9)/t3-,5+/m0/s1. The van der Waals surface area contributed by atoms with Crippen LogP contribution in [0.2, 0.25) is 0 Å². The van der Waals surface area contributed by atoms with Gasteiger partial charge in [-0.3, -0.25) is 4.79 Å². The average Bonchev–Trinajstić information content (AvgIpc) is 1.65. The Labute approximate surface area is 52.7 Å². The van der Waals surface area contributed by atoms with Gasteiger partial charge in [-0.25, -0.2) is 4.39 Å². The fourth-order valence-electron chi connectivity index (χ4n) is 0.170. The number of alkyl halides is 1. The van der Waals surface area contributed by atoms with Gasteiger partial charge in [-0.1, -0.05) is 0 Å². The van der Waals surface area contributed by atoms with Gasteiger partial charge in [0.25, 0.3) is 0 Å². The van der Waals surface area contributed by atoms with Crippen LogP contribution in [0, 0.1) is 0 Å². The van der Waals surface area contributed by atoms with Crippen LogP contribution in [0.3, 0.4) is 0 Å². The number of nitrogens with two attached hydrogens (primary N) is 1. The van der Waals surface area contributed by atoms with Crippen molar-refractivity contribution in [3.05, 3.63) is 0 Å². The lowest BCUT2D eigenvalue weighted by Crippen LogP contribution is -2.51. The summed E-state index contributed by atoms with van der Waals surface area (Å²) < 4.78 is 12.2. The van der Waals surface area contributed by atoms with E-state index in [2.05, 4.69) is 0 Å². The van der Waals surface area contributed by atoms with E-state index in [1.165, 1.54) is 0 Å². The van der Waals surface area contributed by atoms with Crippen molar-refractivity contribution in [3.8, 4) is 0 Å². The van der Waals surface area contributed by atoms with Gasteiger partial charge < -0.3 is 10.8 Å². The van der Waals surface area contributed by atoms with Crippen molar-refractivity contribution < 1.29 is 14.3 Å². The van der Waals surface area contributed by atoms with Gasteiger partial charge >= 0.3 is 5.97 Å². The molecule has 3 nitrogen and oxygen atoms in total. The summed E-state index contributed by atoms with van der Waals surface area (Å²) in [7, 11) is 0. The number of hydrogen-bond donors (Lipinski definition) is 2. The van der Waals surface area contributed by atoms with Crippen molar-refractivity contribution in [2.24, 2.45) is 5.73 Å². The highest BCUT2D eigenvalue weighted by Gasteiger charge is 2.34. The molecule has 0 bridgehead atoms. The van der Waals surface area contributed by atoms with Crippen LogP contribution < -0.4 is 5.73 Å². The highest BCUT2D eigenvalue weighted by molar-refractivity contribution is 5.78. The molecule has 3 N–H and O–H groups in total. The molecule has 0 spiro atoms. The fourth-order valence-corrected chi connectivity index (χ4v) is 0.170. The van der Waals surface area contributed by atoms with Gasteiger partial charge in [0, 0.05) is 0 Å². The molecular formula is C5H10FNO2. The fraction of sp³-hybridized carbons (Fsp3) is 0.800. The van der Waals surface area contributed by atoms with Crippen LogP contribution in [0.5, 0.6) is 0 Å². The summed E-state index contributed by atoms with van der Waals surface area (Å²) in [5, 5.41) is 8.25. The van der Waals surface area contributed by atoms with Crippen molar-refractivity contribution in [1.82, 2.24) is 0 Å². The second-order valence-corrected chi connectivity index (χ2v) is 2.20. The van der Waals surface area contributed by atoms with E-state index in [1.54, 1.807) is 0 Å². The first kappa shape index (κ1) is 8.36. The first-order valence-corrected chi connectivity index (χ1v) is 2.55. The molecule has 0 rings (SSSR count). The van der Waals surface area contributed by atoms with E-state index in [-0.39, 0.29) is 0 Å². The van der Waals surface area contributed by atoms with Crippen molar-refractivity contribution >= 4 is 5.97 Å². The number of halogens is 1. The molecule has 2 atom stereocenters. The smallest absolute Gasteiger partial charge is 0.326 e. The van der Waals surface area contributed by atoms with E-state index in [9.17, 15) is 9.18 Å². The number of carboxylic acids is 1. The van der Waals surface area contributed by atoms with E-state index >= 15 is 0 Å². The van der Waals surface area contributed by atoms with E-state index in [0.717, 1.165) is 13.8 Å². The van der Waals surface area contributed by atoms with Crippen LogP contribution >= 0.6 is 0 Å². The van der Waals surface area contributed by atoms with Crippen LogP contribution in [0.1, 0.15) is 13.8 Å². The topological polar surface area (TPSA) is 63.3 Å². The molecule has 54 valence electrons. The Balaban J connectivity index is 4.19. The molecule has 0 aromatic heterocycles. The third kappa shape index (κ3) is 1.64. The minimum atomic E-state index is -1.75. The molecule has 0 unspecified atom stereocenters. The molecule has 0 aromatic rings. The normalized spacial score (nSPS) is 20.4. The van der Waals surface area contributed by atoms with Crippen LogP contribution in [-0.2, 0) is 4.79 Å². The van der Waals surface area contributed by atoms with Crippen LogP contribution in [0.4, 0.5) is 4.39 Å². The monoisotopic (exact) mass is 135 g/mol. The summed E-state index contributed by atoms with van der Waals surface area (Å²) in [6.07, 6.45) is -1.53. The summed E-state index contributed by atoms with van der Waals surface area (Å²) in [5.41, 5.74) is 3.28. The molecule has 0 saturated carbocycles. The first-order valence-electron chi connectivity index (χ1n) is 2.55. The predicted molar refractivity (Wildman–Crippen MR) is 30.8 cm³/mol. The minimum Gasteiger partial charge on any atom is -0.480 e. The molecule has 0 saturated heterocycles. The number of rotatable bonds is 2. The molecule has 0 amide bonds. The summed E-state index contributed by atoms with van der Waals surface area (Å²) >= 11 is 0. The van der Waals surface area contributed by atoms with Crippen molar-refractivity contribution in [3.63, 3.8) is 0 Å². The van der Waals surface area contributed by atoms with E-state index in [0.29, 0.717) is 0 Å². The van der Waals surface area contributed by atoms with Crippen molar-refractivity contribution in [2.45, 2.75) is 25.6 Å². The summed E-state index contributed by atoms with van der Waals surface area (Å²) in [5.74, 6) is -1.32. The lowest BCUT2D eigenvalue weighted by Gasteiger charge is -2.19. The second-order valence-electron chi connectivity index (χ2n) is 2.20. The first-order chi connectivity index (χ1) is 3.89. The molecular weight excluding hydrogens is 125 g/mol. The summed E-state index contributed by atoms with van der Waals surface area (Å²) in [6, 6.07) is 0. The number of aliphatic carboxylic acids is 1. The Bertz CT molecular complexity index is 122. The van der Waals surface area contributed by atoms with Gasteiger partial charge in [-0.05, 0) is 13.8 Å². The minimum absolute atomic E-state index is 1.12. The SMILES string of the molecule is C[C@H](F)[C@@](C)(N)C(=O)O. The Morgan fingerprint density at radius 3 is 2.22 bits per heavy atom. The number of carbonyl (C=O) groups is 1. The van der Waals surface area contributed by atoms with E-state index in [1.807, 2.05) is 0 Å². The van der Waals surface area contributed by atoms with Crippen molar-refractivity contribution in [1.29, 1.82) is 0 Å². The van der Waals surface area contributed by atoms with Gasteiger partial charge in [0.2, 0.25) is 0 Å². The maximum absolute atomic E-state index is 12.2. The quantitative estimate of drug-likeness (QED) is 0.566. The van der Waals surface area contributed by atoms with Crippen molar-refractivity contribution in [2.75, 3.05) is 0 Å². The molecule has 0 aliphatic rings. The Morgan fingerprint density at radius 1 is 1.89 bits per heavy atom. The summed E-state index contributed by atoms with van der Waals surface area (Å²) in [4.78, 5) is 10.1. The maximum Gasteiger partial charge on any atom is 0.326 e. The summed E-state index contributed by atoms with van der Waals surface area (Å²) in [6.45, 7) is 2.26. The molecule has 0 aromatic carbocycles. The second kappa shape index (κ2) is 2.31. The van der Waals surface area contributed by atoms with Crippen LogP contribution in [0.25, 0.3) is 0 Å². The molecule has 0 fully saturated rings. The highest BCUT2D eigenvalue weighted by Crippen LogP contribution is 2.08. The molecule has 0 heterocycles.